The zero-order valence-electron chi connectivity index (χ0n) is 10.1. The Morgan fingerprint density at radius 1 is 1.38 bits per heavy atom. The third-order valence-electron chi connectivity index (χ3n) is 2.94. The number of ether oxygens (including phenoxy) is 1. The summed E-state index contributed by atoms with van der Waals surface area (Å²) in [5.41, 5.74) is 0. The maximum absolute atomic E-state index is 8.76. The third-order valence-corrected chi connectivity index (χ3v) is 4.44. The van der Waals surface area contributed by atoms with Crippen molar-refractivity contribution in [1.29, 1.82) is 0 Å². The number of aliphatic hydroxyl groups is 1. The molecule has 0 spiro atoms. The van der Waals surface area contributed by atoms with Crippen molar-refractivity contribution in [2.75, 3.05) is 45.0 Å². The summed E-state index contributed by atoms with van der Waals surface area (Å²) in [6.07, 6.45) is 5.48. The summed E-state index contributed by atoms with van der Waals surface area (Å²) in [5.74, 6) is 1.55. The maximum atomic E-state index is 8.76. The molecule has 0 saturated carbocycles. The van der Waals surface area contributed by atoms with Gasteiger partial charge in [-0.1, -0.05) is 21.6 Å². The van der Waals surface area contributed by atoms with E-state index in [1.165, 1.54) is 25.9 Å². The van der Waals surface area contributed by atoms with Crippen molar-refractivity contribution in [2.24, 2.45) is 5.92 Å². The van der Waals surface area contributed by atoms with Crippen LogP contribution in [0.15, 0.2) is 0 Å². The molecule has 0 aromatic heterocycles. The second kappa shape index (κ2) is 9.59. The molecule has 0 aromatic rings. The van der Waals surface area contributed by atoms with E-state index in [1.54, 1.807) is 21.6 Å². The molecule has 1 N–H and O–H groups in total. The molecule has 0 atom stereocenters. The Morgan fingerprint density at radius 2 is 2.12 bits per heavy atom. The molecule has 1 rings (SSSR count). The number of hydrogen-bond donors (Lipinski definition) is 1. The Kier molecular flexibility index (Phi) is 8.78. The predicted octanol–water partition coefficient (Wildman–Crippen LogP) is 2.07. The van der Waals surface area contributed by atoms with Crippen LogP contribution >= 0.6 is 21.6 Å². The molecular weight excluding hydrogens is 242 g/mol. The number of piperidine rings is 1. The van der Waals surface area contributed by atoms with Crippen molar-refractivity contribution in [3.8, 4) is 0 Å². The number of aliphatic hydroxyl groups excluding tert-OH is 1. The molecule has 1 heterocycles. The molecule has 0 amide bonds. The quantitative estimate of drug-likeness (QED) is 0.413. The summed E-state index contributed by atoms with van der Waals surface area (Å²) < 4.78 is 5.61. The Bertz CT molecular complexity index is 164. The highest BCUT2D eigenvalue weighted by Crippen LogP contribution is 2.20. The van der Waals surface area contributed by atoms with Crippen molar-refractivity contribution >= 4 is 21.6 Å². The van der Waals surface area contributed by atoms with Crippen LogP contribution in [0.4, 0.5) is 0 Å². The first kappa shape index (κ1) is 14.6. The van der Waals surface area contributed by atoms with Gasteiger partial charge in [0.2, 0.25) is 0 Å². The van der Waals surface area contributed by atoms with E-state index in [4.69, 9.17) is 9.84 Å². The molecule has 1 fully saturated rings. The first-order valence-electron chi connectivity index (χ1n) is 5.93. The zero-order valence-corrected chi connectivity index (χ0v) is 11.7. The van der Waals surface area contributed by atoms with Crippen molar-refractivity contribution in [2.45, 2.75) is 19.3 Å². The Balaban J connectivity index is 1.98. The highest BCUT2D eigenvalue weighted by Gasteiger charge is 2.18. The SMILES string of the molecule is CSSCOCC1CCN(CCCO)CC1. The number of likely N-dealkylation sites (tertiary alicyclic amines) is 1. The number of hydrogen-bond acceptors (Lipinski definition) is 5. The molecule has 0 bridgehead atoms. The van der Waals surface area contributed by atoms with E-state index in [-0.39, 0.29) is 0 Å². The van der Waals surface area contributed by atoms with E-state index in [9.17, 15) is 0 Å². The molecule has 0 unspecified atom stereocenters. The highest BCUT2D eigenvalue weighted by molar-refractivity contribution is 8.76. The predicted molar refractivity (Wildman–Crippen MR) is 72.8 cm³/mol. The first-order valence-corrected chi connectivity index (χ1v) is 8.66. The van der Waals surface area contributed by atoms with Crippen LogP contribution in [0.25, 0.3) is 0 Å². The fourth-order valence-corrected chi connectivity index (χ4v) is 2.72. The van der Waals surface area contributed by atoms with Gasteiger partial charge in [-0.3, -0.25) is 0 Å². The van der Waals surface area contributed by atoms with Crippen LogP contribution in [0.5, 0.6) is 0 Å². The highest BCUT2D eigenvalue weighted by atomic mass is 33.1. The summed E-state index contributed by atoms with van der Waals surface area (Å²) >= 11 is 0. The topological polar surface area (TPSA) is 32.7 Å². The fourth-order valence-electron chi connectivity index (χ4n) is 1.97. The molecule has 0 aromatic carbocycles. The average Bonchev–Trinajstić information content (AvgIpc) is 2.33. The lowest BCUT2D eigenvalue weighted by Gasteiger charge is -2.31. The van der Waals surface area contributed by atoms with Gasteiger partial charge in [0, 0.05) is 13.2 Å². The minimum atomic E-state index is 0.314. The lowest BCUT2D eigenvalue weighted by atomic mass is 9.98. The van der Waals surface area contributed by atoms with Crippen LogP contribution < -0.4 is 0 Å². The summed E-state index contributed by atoms with van der Waals surface area (Å²) in [6.45, 7) is 4.62. The molecule has 3 nitrogen and oxygen atoms in total. The zero-order chi connectivity index (χ0) is 11.6. The van der Waals surface area contributed by atoms with Crippen LogP contribution in [0.3, 0.4) is 0 Å². The maximum Gasteiger partial charge on any atom is 0.102 e. The molecule has 1 aliphatic heterocycles. The van der Waals surface area contributed by atoms with Crippen molar-refractivity contribution in [3.05, 3.63) is 0 Å². The summed E-state index contributed by atoms with van der Waals surface area (Å²) in [7, 11) is 3.52. The minimum Gasteiger partial charge on any atom is -0.396 e. The van der Waals surface area contributed by atoms with Gasteiger partial charge >= 0.3 is 0 Å². The van der Waals surface area contributed by atoms with E-state index in [0.717, 1.165) is 31.4 Å². The van der Waals surface area contributed by atoms with Gasteiger partial charge in [-0.25, -0.2) is 0 Å². The van der Waals surface area contributed by atoms with Gasteiger partial charge in [0.15, 0.2) is 0 Å². The Labute approximate surface area is 107 Å². The van der Waals surface area contributed by atoms with Crippen LogP contribution in [0.2, 0.25) is 0 Å². The van der Waals surface area contributed by atoms with Gasteiger partial charge < -0.3 is 14.7 Å². The molecule has 1 saturated heterocycles. The van der Waals surface area contributed by atoms with E-state index < -0.39 is 0 Å². The van der Waals surface area contributed by atoms with Gasteiger partial charge in [-0.15, -0.1) is 0 Å². The Morgan fingerprint density at radius 3 is 2.75 bits per heavy atom. The molecule has 96 valence electrons. The third kappa shape index (κ3) is 6.35. The minimum absolute atomic E-state index is 0.314. The van der Waals surface area contributed by atoms with Gasteiger partial charge in [0.25, 0.3) is 0 Å². The molecule has 0 aliphatic carbocycles. The van der Waals surface area contributed by atoms with E-state index >= 15 is 0 Å². The smallest absolute Gasteiger partial charge is 0.102 e. The summed E-state index contributed by atoms with van der Waals surface area (Å²) in [6, 6.07) is 0. The Hall–Kier alpha value is 0.580. The van der Waals surface area contributed by atoms with E-state index in [0.29, 0.717) is 6.61 Å². The lowest BCUT2D eigenvalue weighted by molar-refractivity contribution is 0.0899. The van der Waals surface area contributed by atoms with E-state index in [2.05, 4.69) is 11.2 Å². The summed E-state index contributed by atoms with van der Waals surface area (Å²) in [5, 5.41) is 8.76. The van der Waals surface area contributed by atoms with E-state index in [1.807, 2.05) is 0 Å². The first-order chi connectivity index (χ1) is 7.86. The van der Waals surface area contributed by atoms with Crippen LogP contribution in [-0.2, 0) is 4.74 Å². The molecular formula is C11H23NO2S2. The normalized spacial score (nSPS) is 19.1. The van der Waals surface area contributed by atoms with Gasteiger partial charge in [-0.05, 0) is 44.5 Å². The van der Waals surface area contributed by atoms with Crippen molar-refractivity contribution in [1.82, 2.24) is 4.90 Å². The lowest BCUT2D eigenvalue weighted by Crippen LogP contribution is -2.36. The van der Waals surface area contributed by atoms with Gasteiger partial charge in [0.05, 0.1) is 6.61 Å². The largest absolute Gasteiger partial charge is 0.396 e. The van der Waals surface area contributed by atoms with Crippen molar-refractivity contribution in [3.63, 3.8) is 0 Å². The molecule has 16 heavy (non-hydrogen) atoms. The second-order valence-electron chi connectivity index (χ2n) is 4.14. The number of nitrogens with zero attached hydrogens (tertiary/aromatic N) is 1. The fraction of sp³-hybridized carbons (Fsp3) is 1.00. The van der Waals surface area contributed by atoms with Gasteiger partial charge in [-0.2, -0.15) is 0 Å². The average molecular weight is 265 g/mol. The van der Waals surface area contributed by atoms with Crippen molar-refractivity contribution < 1.29 is 9.84 Å². The number of rotatable bonds is 8. The standard InChI is InChI=1S/C11H23NO2S2/c1-15-16-10-14-9-11-3-6-12(7-4-11)5-2-8-13/h11,13H,2-10H2,1H3. The van der Waals surface area contributed by atoms with Crippen LogP contribution in [0, 0.1) is 5.92 Å². The van der Waals surface area contributed by atoms with Crippen LogP contribution in [0.1, 0.15) is 19.3 Å². The molecule has 0 radical (unpaired) electrons. The molecule has 1 aliphatic rings. The molecule has 5 heteroatoms. The second-order valence-corrected chi connectivity index (χ2v) is 6.65. The monoisotopic (exact) mass is 265 g/mol. The van der Waals surface area contributed by atoms with Gasteiger partial charge in [0.1, 0.15) is 5.94 Å². The summed E-state index contributed by atoms with van der Waals surface area (Å²) in [4.78, 5) is 2.45. The van der Waals surface area contributed by atoms with Crippen LogP contribution in [-0.4, -0.2) is 55.0 Å².